The smallest absolute Gasteiger partial charge is 0.195 e. The Hall–Kier alpha value is -1.07. The molecule has 1 N–H and O–H groups in total. The van der Waals surface area contributed by atoms with Crippen molar-refractivity contribution >= 4 is 22.1 Å². The molecule has 1 saturated heterocycles. The molecule has 0 spiro atoms. The minimum atomic E-state index is 0.914. The molecule has 0 atom stereocenters. The summed E-state index contributed by atoms with van der Waals surface area (Å²) in [6, 6.07) is 0. The molecule has 0 radical (unpaired) electrons. The van der Waals surface area contributed by atoms with Crippen LogP contribution in [-0.4, -0.2) is 29.0 Å². The van der Waals surface area contributed by atoms with E-state index >= 15 is 0 Å². The van der Waals surface area contributed by atoms with Crippen molar-refractivity contribution in [3.63, 3.8) is 0 Å². The summed E-state index contributed by atoms with van der Waals surface area (Å²) in [5, 5.41) is 5.61. The second-order valence-corrected chi connectivity index (χ2v) is 5.68. The number of fused-ring (bicyclic) bond motifs is 1. The average Bonchev–Trinajstić information content (AvgIpc) is 3.05. The Morgan fingerprint density at radius 2 is 2.22 bits per heavy atom. The van der Waals surface area contributed by atoms with Gasteiger partial charge in [0.2, 0.25) is 0 Å². The number of aromatic nitrogens is 2. The fourth-order valence-corrected chi connectivity index (χ4v) is 3.28. The number of anilines is 1. The van der Waals surface area contributed by atoms with Crippen LogP contribution in [0.25, 0.3) is 4.96 Å². The minimum Gasteiger partial charge on any atom is -0.355 e. The molecule has 98 valence electrons. The predicted octanol–water partition coefficient (Wildman–Crippen LogP) is 2.50. The minimum absolute atomic E-state index is 0.914. The fourth-order valence-electron chi connectivity index (χ4n) is 2.55. The highest BCUT2D eigenvalue weighted by molar-refractivity contribution is 7.15. The number of imidazole rings is 1. The molecular formula is C13H20N4S. The van der Waals surface area contributed by atoms with Gasteiger partial charge in [0.25, 0.3) is 0 Å². The average molecular weight is 264 g/mol. The van der Waals surface area contributed by atoms with Gasteiger partial charge < -0.3 is 10.2 Å². The largest absolute Gasteiger partial charge is 0.355 e. The van der Waals surface area contributed by atoms with Crippen LogP contribution in [-0.2, 0) is 6.54 Å². The van der Waals surface area contributed by atoms with Crippen molar-refractivity contribution in [2.24, 2.45) is 0 Å². The molecule has 0 saturated carbocycles. The number of thiazole rings is 1. The highest BCUT2D eigenvalue weighted by Crippen LogP contribution is 2.27. The van der Waals surface area contributed by atoms with E-state index in [-0.39, 0.29) is 0 Å². The van der Waals surface area contributed by atoms with Gasteiger partial charge in [0, 0.05) is 31.2 Å². The first-order valence-corrected chi connectivity index (χ1v) is 7.68. The molecule has 0 aliphatic carbocycles. The molecular weight excluding hydrogens is 244 g/mol. The van der Waals surface area contributed by atoms with Gasteiger partial charge in [-0.2, -0.15) is 0 Å². The normalized spacial score (nSPS) is 15.9. The van der Waals surface area contributed by atoms with E-state index in [0.717, 1.165) is 31.1 Å². The van der Waals surface area contributed by atoms with Crippen LogP contribution in [0, 0.1) is 0 Å². The third kappa shape index (κ3) is 2.12. The zero-order valence-corrected chi connectivity index (χ0v) is 11.7. The van der Waals surface area contributed by atoms with Crippen LogP contribution in [0.15, 0.2) is 11.6 Å². The standard InChI is InChI=1S/C13H20N4S/c1-2-5-14-10-11-12(16-6-3-4-7-16)15-13-17(11)8-9-18-13/h8-9,14H,2-7,10H2,1H3. The Bertz CT molecular complexity index is 510. The van der Waals surface area contributed by atoms with Gasteiger partial charge in [-0.25, -0.2) is 4.98 Å². The summed E-state index contributed by atoms with van der Waals surface area (Å²) in [5.41, 5.74) is 1.32. The maximum absolute atomic E-state index is 4.80. The van der Waals surface area contributed by atoms with Gasteiger partial charge in [-0.1, -0.05) is 6.92 Å². The zero-order valence-electron chi connectivity index (χ0n) is 10.9. The summed E-state index contributed by atoms with van der Waals surface area (Å²) >= 11 is 1.72. The highest BCUT2D eigenvalue weighted by Gasteiger charge is 2.21. The van der Waals surface area contributed by atoms with E-state index in [1.54, 1.807) is 11.3 Å². The summed E-state index contributed by atoms with van der Waals surface area (Å²) in [4.78, 5) is 8.35. The lowest BCUT2D eigenvalue weighted by molar-refractivity contribution is 0.660. The summed E-state index contributed by atoms with van der Waals surface area (Å²) in [6.45, 7) is 6.50. The Balaban J connectivity index is 1.90. The summed E-state index contributed by atoms with van der Waals surface area (Å²) in [7, 11) is 0. The van der Waals surface area contributed by atoms with Crippen molar-refractivity contribution in [3.05, 3.63) is 17.3 Å². The Labute approximate surface area is 112 Å². The molecule has 5 heteroatoms. The maximum atomic E-state index is 4.80. The Kier molecular flexibility index (Phi) is 3.52. The third-order valence-electron chi connectivity index (χ3n) is 3.46. The van der Waals surface area contributed by atoms with Crippen molar-refractivity contribution in [2.45, 2.75) is 32.7 Å². The second-order valence-electron chi connectivity index (χ2n) is 4.81. The van der Waals surface area contributed by atoms with Crippen molar-refractivity contribution < 1.29 is 0 Å². The molecule has 3 rings (SSSR count). The molecule has 1 fully saturated rings. The van der Waals surface area contributed by atoms with Crippen LogP contribution in [0.2, 0.25) is 0 Å². The number of nitrogens with zero attached hydrogens (tertiary/aromatic N) is 3. The molecule has 0 bridgehead atoms. The zero-order chi connectivity index (χ0) is 12.4. The molecule has 4 nitrogen and oxygen atoms in total. The summed E-state index contributed by atoms with van der Waals surface area (Å²) < 4.78 is 2.24. The predicted molar refractivity (Wildman–Crippen MR) is 76.5 cm³/mol. The second kappa shape index (κ2) is 5.28. The quantitative estimate of drug-likeness (QED) is 0.842. The highest BCUT2D eigenvalue weighted by atomic mass is 32.1. The lowest BCUT2D eigenvalue weighted by atomic mass is 10.3. The maximum Gasteiger partial charge on any atom is 0.195 e. The first-order chi connectivity index (χ1) is 8.90. The molecule has 0 aromatic carbocycles. The van der Waals surface area contributed by atoms with E-state index in [4.69, 9.17) is 4.98 Å². The van der Waals surface area contributed by atoms with Crippen LogP contribution >= 0.6 is 11.3 Å². The van der Waals surface area contributed by atoms with Crippen molar-refractivity contribution in [1.82, 2.24) is 14.7 Å². The van der Waals surface area contributed by atoms with E-state index in [1.165, 1.54) is 30.8 Å². The third-order valence-corrected chi connectivity index (χ3v) is 4.22. The van der Waals surface area contributed by atoms with Gasteiger partial charge in [-0.05, 0) is 25.8 Å². The first-order valence-electron chi connectivity index (χ1n) is 6.80. The van der Waals surface area contributed by atoms with Crippen LogP contribution in [0.3, 0.4) is 0 Å². The summed E-state index contributed by atoms with van der Waals surface area (Å²) in [5.74, 6) is 1.20. The molecule has 0 unspecified atom stereocenters. The van der Waals surface area contributed by atoms with E-state index in [2.05, 4.69) is 33.1 Å². The number of hydrogen-bond donors (Lipinski definition) is 1. The van der Waals surface area contributed by atoms with E-state index < -0.39 is 0 Å². The Morgan fingerprint density at radius 1 is 1.39 bits per heavy atom. The van der Waals surface area contributed by atoms with Gasteiger partial charge in [-0.3, -0.25) is 4.40 Å². The molecule has 2 aromatic rings. The van der Waals surface area contributed by atoms with E-state index in [0.29, 0.717) is 0 Å². The van der Waals surface area contributed by atoms with Gasteiger partial charge in [-0.15, -0.1) is 11.3 Å². The molecule has 1 aliphatic heterocycles. The van der Waals surface area contributed by atoms with Crippen molar-refractivity contribution in [3.8, 4) is 0 Å². The first kappa shape index (κ1) is 12.0. The fraction of sp³-hybridized carbons (Fsp3) is 0.615. The monoisotopic (exact) mass is 264 g/mol. The van der Waals surface area contributed by atoms with Gasteiger partial charge in [0.15, 0.2) is 10.8 Å². The van der Waals surface area contributed by atoms with Crippen LogP contribution in [0.4, 0.5) is 5.82 Å². The Morgan fingerprint density at radius 3 is 3.00 bits per heavy atom. The van der Waals surface area contributed by atoms with Crippen LogP contribution < -0.4 is 10.2 Å². The lowest BCUT2D eigenvalue weighted by Crippen LogP contribution is -2.22. The van der Waals surface area contributed by atoms with E-state index in [9.17, 15) is 0 Å². The van der Waals surface area contributed by atoms with Crippen LogP contribution in [0.5, 0.6) is 0 Å². The molecule has 0 amide bonds. The molecule has 2 aromatic heterocycles. The topological polar surface area (TPSA) is 32.6 Å². The SMILES string of the molecule is CCCNCc1c(N2CCCC2)nc2sccn12. The summed E-state index contributed by atoms with van der Waals surface area (Å²) in [6.07, 6.45) is 5.90. The number of nitrogens with one attached hydrogen (secondary N) is 1. The molecule has 3 heterocycles. The van der Waals surface area contributed by atoms with Gasteiger partial charge in [0.05, 0.1) is 5.69 Å². The van der Waals surface area contributed by atoms with Gasteiger partial charge >= 0.3 is 0 Å². The molecule has 18 heavy (non-hydrogen) atoms. The van der Waals surface area contributed by atoms with Crippen molar-refractivity contribution in [1.29, 1.82) is 0 Å². The van der Waals surface area contributed by atoms with Crippen molar-refractivity contribution in [2.75, 3.05) is 24.5 Å². The lowest BCUT2D eigenvalue weighted by Gasteiger charge is -2.16. The van der Waals surface area contributed by atoms with E-state index in [1.807, 2.05) is 0 Å². The molecule has 1 aliphatic rings. The number of rotatable bonds is 5. The number of hydrogen-bond acceptors (Lipinski definition) is 4. The van der Waals surface area contributed by atoms with Crippen LogP contribution in [0.1, 0.15) is 31.9 Å². The van der Waals surface area contributed by atoms with Gasteiger partial charge in [0.1, 0.15) is 0 Å².